The lowest BCUT2D eigenvalue weighted by Crippen LogP contribution is -2.53. The summed E-state index contributed by atoms with van der Waals surface area (Å²) in [5, 5.41) is 73.1. The van der Waals surface area contributed by atoms with E-state index in [4.69, 9.17) is 15.3 Å². The average Bonchev–Trinajstić information content (AvgIpc) is 2.40. The van der Waals surface area contributed by atoms with Gasteiger partial charge in [0.05, 0.1) is 12.7 Å². The molecule has 0 heterocycles. The summed E-state index contributed by atoms with van der Waals surface area (Å²) in [7, 11) is 0. The van der Waals surface area contributed by atoms with Crippen LogP contribution in [0.4, 0.5) is 0 Å². The lowest BCUT2D eigenvalue weighted by Gasteiger charge is -2.27. The van der Waals surface area contributed by atoms with Gasteiger partial charge in [-0.2, -0.15) is 0 Å². The van der Waals surface area contributed by atoms with Gasteiger partial charge in [-0.05, 0) is 6.92 Å². The summed E-state index contributed by atoms with van der Waals surface area (Å²) in [5.41, 5.74) is 0. The first-order valence-corrected chi connectivity index (χ1v) is 5.56. The molecular weight excluding hydrogens is 264 g/mol. The average molecular weight is 284 g/mol. The first-order valence-electron chi connectivity index (χ1n) is 5.56. The van der Waals surface area contributed by atoms with Crippen molar-refractivity contribution in [3.05, 3.63) is 0 Å². The van der Waals surface area contributed by atoms with Crippen molar-refractivity contribution in [2.75, 3.05) is 6.61 Å². The highest BCUT2D eigenvalue weighted by molar-refractivity contribution is 5.88. The third-order valence-electron chi connectivity index (χ3n) is 2.66. The number of hydrogen-bond donors (Lipinski definition) is 8. The van der Waals surface area contributed by atoms with Gasteiger partial charge in [0.2, 0.25) is 0 Å². The summed E-state index contributed by atoms with van der Waals surface area (Å²) >= 11 is 0. The molecule has 0 aromatic heterocycles. The Bertz CT molecular complexity index is 282. The van der Waals surface area contributed by atoms with Crippen molar-refractivity contribution >= 4 is 5.78 Å². The van der Waals surface area contributed by atoms with Gasteiger partial charge < -0.3 is 40.9 Å². The van der Waals surface area contributed by atoms with Crippen molar-refractivity contribution in [3.63, 3.8) is 0 Å². The number of aliphatic hydroxyl groups is 8. The maximum Gasteiger partial charge on any atom is 0.195 e. The van der Waals surface area contributed by atoms with Gasteiger partial charge in [0.15, 0.2) is 5.78 Å². The van der Waals surface area contributed by atoms with Gasteiger partial charge in [-0.1, -0.05) is 0 Å². The zero-order valence-corrected chi connectivity index (χ0v) is 10.2. The van der Waals surface area contributed by atoms with Crippen molar-refractivity contribution in [1.29, 1.82) is 0 Å². The number of rotatable bonds is 8. The van der Waals surface area contributed by atoms with E-state index >= 15 is 0 Å². The summed E-state index contributed by atoms with van der Waals surface area (Å²) in [4.78, 5) is 11.5. The molecule has 9 heteroatoms. The van der Waals surface area contributed by atoms with E-state index in [0.717, 1.165) is 6.92 Å². The molecule has 0 amide bonds. The maximum absolute atomic E-state index is 11.5. The van der Waals surface area contributed by atoms with Crippen molar-refractivity contribution in [1.82, 2.24) is 0 Å². The van der Waals surface area contributed by atoms with E-state index in [1.54, 1.807) is 0 Å². The highest BCUT2D eigenvalue weighted by atomic mass is 16.4. The van der Waals surface area contributed by atoms with Crippen LogP contribution in [0.15, 0.2) is 0 Å². The molecule has 0 aliphatic heterocycles. The van der Waals surface area contributed by atoms with E-state index in [0.29, 0.717) is 0 Å². The van der Waals surface area contributed by atoms with E-state index in [2.05, 4.69) is 0 Å². The second-order valence-electron chi connectivity index (χ2n) is 4.25. The van der Waals surface area contributed by atoms with Gasteiger partial charge in [-0.25, -0.2) is 0 Å². The lowest BCUT2D eigenvalue weighted by molar-refractivity contribution is -0.161. The molecule has 0 saturated carbocycles. The molecular formula is C10H20O9. The van der Waals surface area contributed by atoms with Crippen LogP contribution in [0.25, 0.3) is 0 Å². The van der Waals surface area contributed by atoms with Crippen LogP contribution < -0.4 is 0 Å². The van der Waals surface area contributed by atoms with Gasteiger partial charge in [-0.3, -0.25) is 4.79 Å². The maximum atomic E-state index is 11.5. The minimum atomic E-state index is -2.28. The fourth-order valence-electron chi connectivity index (χ4n) is 1.30. The van der Waals surface area contributed by atoms with E-state index in [-0.39, 0.29) is 0 Å². The molecule has 9 nitrogen and oxygen atoms in total. The first-order chi connectivity index (χ1) is 8.64. The lowest BCUT2D eigenvalue weighted by atomic mass is 9.94. The molecule has 0 fully saturated rings. The molecule has 0 saturated heterocycles. The summed E-state index contributed by atoms with van der Waals surface area (Å²) in [6.45, 7) is 0.173. The molecule has 0 aromatic carbocycles. The molecule has 114 valence electrons. The Kier molecular flexibility index (Phi) is 7.55. The van der Waals surface area contributed by atoms with Gasteiger partial charge in [0.1, 0.15) is 36.6 Å². The van der Waals surface area contributed by atoms with Gasteiger partial charge >= 0.3 is 0 Å². The Hall–Kier alpha value is -0.650. The van der Waals surface area contributed by atoms with E-state index in [9.17, 15) is 30.3 Å². The Labute approximate surface area is 109 Å². The quantitative estimate of drug-likeness (QED) is 0.217. The molecule has 0 radical (unpaired) electrons. The van der Waals surface area contributed by atoms with E-state index < -0.39 is 55.1 Å². The molecule has 0 aromatic rings. The summed E-state index contributed by atoms with van der Waals surface area (Å²) in [6.07, 6.45) is -13.8. The zero-order valence-electron chi connectivity index (χ0n) is 10.2. The topological polar surface area (TPSA) is 179 Å². The highest BCUT2D eigenvalue weighted by Crippen LogP contribution is 2.10. The fourth-order valence-corrected chi connectivity index (χ4v) is 1.30. The second-order valence-corrected chi connectivity index (χ2v) is 4.25. The fraction of sp³-hybridized carbons (Fsp3) is 0.900. The van der Waals surface area contributed by atoms with Crippen LogP contribution in [0, 0.1) is 0 Å². The Morgan fingerprint density at radius 1 is 0.842 bits per heavy atom. The summed E-state index contributed by atoms with van der Waals surface area (Å²) in [6, 6.07) is 0. The van der Waals surface area contributed by atoms with Crippen LogP contribution >= 0.6 is 0 Å². The molecule has 19 heavy (non-hydrogen) atoms. The molecule has 0 aliphatic carbocycles. The Morgan fingerprint density at radius 3 is 1.63 bits per heavy atom. The van der Waals surface area contributed by atoms with Gasteiger partial charge in [0, 0.05) is 0 Å². The Morgan fingerprint density at radius 2 is 1.26 bits per heavy atom. The van der Waals surface area contributed by atoms with Crippen molar-refractivity contribution in [2.24, 2.45) is 0 Å². The Balaban J connectivity index is 4.72. The molecule has 0 unspecified atom stereocenters. The molecule has 7 atom stereocenters. The van der Waals surface area contributed by atoms with Crippen LogP contribution in [0.1, 0.15) is 6.92 Å². The molecule has 8 N–H and O–H groups in total. The number of carbonyl (C=O) groups excluding carboxylic acids is 1. The van der Waals surface area contributed by atoms with Crippen LogP contribution in [0.3, 0.4) is 0 Å². The molecule has 0 aliphatic rings. The third-order valence-corrected chi connectivity index (χ3v) is 2.66. The largest absolute Gasteiger partial charge is 0.394 e. The van der Waals surface area contributed by atoms with Crippen molar-refractivity contribution in [2.45, 2.75) is 49.7 Å². The smallest absolute Gasteiger partial charge is 0.195 e. The third kappa shape index (κ3) is 4.75. The molecule has 0 rings (SSSR count). The number of ketones is 1. The first kappa shape index (κ1) is 18.4. The molecule has 0 bridgehead atoms. The molecule has 0 spiro atoms. The van der Waals surface area contributed by atoms with Crippen molar-refractivity contribution < 1.29 is 45.6 Å². The van der Waals surface area contributed by atoms with E-state index in [1.165, 1.54) is 0 Å². The van der Waals surface area contributed by atoms with E-state index in [1.807, 2.05) is 0 Å². The number of aliphatic hydroxyl groups excluding tert-OH is 8. The van der Waals surface area contributed by atoms with Crippen LogP contribution in [-0.2, 0) is 4.79 Å². The predicted molar refractivity (Wildman–Crippen MR) is 59.8 cm³/mol. The number of carbonyl (C=O) groups is 1. The normalized spacial score (nSPS) is 23.0. The second kappa shape index (κ2) is 7.82. The minimum Gasteiger partial charge on any atom is -0.394 e. The monoisotopic (exact) mass is 284 g/mol. The van der Waals surface area contributed by atoms with Crippen LogP contribution in [0.2, 0.25) is 0 Å². The number of Topliss-reactive ketones (excluding diaryl/α,β-unsaturated/α-hetero) is 1. The van der Waals surface area contributed by atoms with Gasteiger partial charge in [-0.15, -0.1) is 0 Å². The van der Waals surface area contributed by atoms with Crippen LogP contribution in [-0.4, -0.2) is 96.0 Å². The minimum absolute atomic E-state index is 0.930. The number of hydrogen-bond acceptors (Lipinski definition) is 9. The SMILES string of the molecule is C[C@@H](O)[C@@H](O)[C@H](O)[C@@H](O)C(=O)[C@@H](O)[C@H](O)[C@@H](O)CO. The zero-order chi connectivity index (χ0) is 15.3. The summed E-state index contributed by atoms with van der Waals surface area (Å²) < 4.78 is 0. The highest BCUT2D eigenvalue weighted by Gasteiger charge is 2.39. The summed E-state index contributed by atoms with van der Waals surface area (Å²) in [5.74, 6) is -1.47. The van der Waals surface area contributed by atoms with Crippen LogP contribution in [0.5, 0.6) is 0 Å². The predicted octanol–water partition coefficient (Wildman–Crippen LogP) is -4.91. The van der Waals surface area contributed by atoms with Crippen molar-refractivity contribution in [3.8, 4) is 0 Å². The van der Waals surface area contributed by atoms with Gasteiger partial charge in [0.25, 0.3) is 0 Å². The standard InChI is InChI=1S/C10H20O9/c1-3(12)5(14)7(16)9(18)10(19)8(17)6(15)4(13)2-11/h3-9,11-18H,2H2,1H3/t3-,4+,5-,6-,7+,8+,9-/m1/s1.